The van der Waals surface area contributed by atoms with Crippen molar-refractivity contribution in [3.8, 4) is 21.9 Å². The summed E-state index contributed by atoms with van der Waals surface area (Å²) in [5.41, 5.74) is 7.01. The highest BCUT2D eigenvalue weighted by atomic mass is 32.1. The number of aliphatic hydroxyl groups excluding tert-OH is 1. The third-order valence-corrected chi connectivity index (χ3v) is 9.81. The lowest BCUT2D eigenvalue weighted by Crippen LogP contribution is -2.58. The number of hydrogen-bond acceptors (Lipinski definition) is 6. The average molecular weight is 609 g/mol. The summed E-state index contributed by atoms with van der Waals surface area (Å²) in [5.74, 6) is 2.42. The molecule has 10 heteroatoms. The van der Waals surface area contributed by atoms with Crippen molar-refractivity contribution in [2.75, 3.05) is 6.54 Å². The second kappa shape index (κ2) is 12.3. The molecule has 1 aromatic heterocycles. The molecule has 8 nitrogen and oxygen atoms in total. The smallest absolute Gasteiger partial charge is 0.246 e. The molecule has 1 saturated carbocycles. The van der Waals surface area contributed by atoms with Gasteiger partial charge in [-0.25, -0.2) is 4.98 Å². The van der Waals surface area contributed by atoms with Gasteiger partial charge in [-0.1, -0.05) is 64.7 Å². The number of hydrogen-bond donors (Lipinski definition) is 3. The predicted octanol–water partition coefficient (Wildman–Crippen LogP) is 4.28. The number of nitrogens with zero attached hydrogens (tertiary/aromatic N) is 2. The third kappa shape index (κ3) is 7.68. The zero-order valence-corrected chi connectivity index (χ0v) is 27.7. The molecule has 2 aromatic rings. The van der Waals surface area contributed by atoms with Crippen LogP contribution in [0.1, 0.15) is 57.7 Å². The Bertz CT molecular complexity index is 1380. The van der Waals surface area contributed by atoms with Gasteiger partial charge in [0.05, 0.1) is 27.6 Å². The maximum Gasteiger partial charge on any atom is 0.246 e. The second-order valence-corrected chi connectivity index (χ2v) is 19.5. The predicted molar refractivity (Wildman–Crippen MR) is 169 cm³/mol. The lowest BCUT2D eigenvalue weighted by molar-refractivity contribution is -0.144. The number of aliphatic hydroxyl groups is 1. The molecule has 1 aliphatic heterocycles. The van der Waals surface area contributed by atoms with Gasteiger partial charge in [0, 0.05) is 25.9 Å². The first kappa shape index (κ1) is 31.9. The molecular formula is C32H44N4O4SSi. The van der Waals surface area contributed by atoms with E-state index in [1.807, 2.05) is 57.5 Å². The number of rotatable bonds is 8. The largest absolute Gasteiger partial charge is 0.391 e. The van der Waals surface area contributed by atoms with Crippen molar-refractivity contribution in [2.45, 2.75) is 97.8 Å². The number of likely N-dealkylation sites (tertiary alicyclic amines) is 1. The highest BCUT2D eigenvalue weighted by Gasteiger charge is 2.52. The Morgan fingerprint density at radius 3 is 2.40 bits per heavy atom. The summed E-state index contributed by atoms with van der Waals surface area (Å²) < 4.78 is 0. The minimum Gasteiger partial charge on any atom is -0.391 e. The van der Waals surface area contributed by atoms with Crippen LogP contribution in [0.2, 0.25) is 19.6 Å². The molecule has 2 heterocycles. The quantitative estimate of drug-likeness (QED) is 0.306. The number of carbonyl (C=O) groups excluding carboxylic acids is 3. The normalized spacial score (nSPS) is 20.3. The zero-order valence-electron chi connectivity index (χ0n) is 25.8. The number of nitrogens with one attached hydrogen (secondary N) is 2. The van der Waals surface area contributed by atoms with Crippen LogP contribution < -0.4 is 10.6 Å². The molecule has 3 amide bonds. The Labute approximate surface area is 254 Å². The van der Waals surface area contributed by atoms with Crippen LogP contribution in [0.3, 0.4) is 0 Å². The van der Waals surface area contributed by atoms with Gasteiger partial charge in [-0.15, -0.1) is 22.8 Å². The first-order chi connectivity index (χ1) is 19.6. The van der Waals surface area contributed by atoms with Gasteiger partial charge in [-0.3, -0.25) is 14.4 Å². The summed E-state index contributed by atoms with van der Waals surface area (Å²) in [5, 5.41) is 16.5. The van der Waals surface area contributed by atoms with E-state index in [1.165, 1.54) is 4.90 Å². The fourth-order valence-electron chi connectivity index (χ4n) is 5.18. The molecule has 1 saturated heterocycles. The molecular weight excluding hydrogens is 565 g/mol. The Morgan fingerprint density at radius 1 is 1.19 bits per heavy atom. The van der Waals surface area contributed by atoms with Crippen LogP contribution in [-0.2, 0) is 20.9 Å². The Morgan fingerprint density at radius 2 is 1.86 bits per heavy atom. The van der Waals surface area contributed by atoms with E-state index in [9.17, 15) is 19.5 Å². The lowest BCUT2D eigenvalue weighted by Gasteiger charge is -2.36. The second-order valence-electron chi connectivity index (χ2n) is 13.9. The monoisotopic (exact) mass is 608 g/mol. The van der Waals surface area contributed by atoms with Crippen molar-refractivity contribution < 1.29 is 19.5 Å². The lowest BCUT2D eigenvalue weighted by atomic mass is 9.84. The summed E-state index contributed by atoms with van der Waals surface area (Å²) >= 11 is 1.59. The van der Waals surface area contributed by atoms with E-state index in [0.717, 1.165) is 34.5 Å². The number of aryl methyl sites for hydroxylation is 1. The third-order valence-electron chi connectivity index (χ3n) is 7.91. The summed E-state index contributed by atoms with van der Waals surface area (Å²) in [4.78, 5) is 47.6. The summed E-state index contributed by atoms with van der Waals surface area (Å²) in [6, 6.07) is 6.30. The highest BCUT2D eigenvalue weighted by Crippen LogP contribution is 2.49. The van der Waals surface area contributed by atoms with E-state index in [0.29, 0.717) is 13.0 Å². The Balaban J connectivity index is 1.42. The van der Waals surface area contributed by atoms with Gasteiger partial charge in [-0.2, -0.15) is 0 Å². The van der Waals surface area contributed by atoms with Crippen LogP contribution in [0.15, 0.2) is 29.8 Å². The molecule has 42 heavy (non-hydrogen) atoms. The van der Waals surface area contributed by atoms with Gasteiger partial charge in [0.15, 0.2) is 0 Å². The van der Waals surface area contributed by atoms with Gasteiger partial charge >= 0.3 is 0 Å². The minimum atomic E-state index is -1.55. The fourth-order valence-corrected chi connectivity index (χ4v) is 6.61. The molecule has 226 valence electrons. The number of β-amino-alcohol motifs (C(OH)–C–C–N with tert-alkyl or cyclic N) is 1. The molecule has 1 aromatic carbocycles. The molecule has 3 atom stereocenters. The topological polar surface area (TPSA) is 112 Å². The van der Waals surface area contributed by atoms with Gasteiger partial charge in [0.2, 0.25) is 17.7 Å². The Kier molecular flexibility index (Phi) is 9.36. The van der Waals surface area contributed by atoms with Crippen LogP contribution in [0, 0.1) is 29.2 Å². The fraction of sp³-hybridized carbons (Fsp3) is 0.562. The molecule has 3 N–H and O–H groups in total. The summed E-state index contributed by atoms with van der Waals surface area (Å²) in [7, 11) is -1.55. The van der Waals surface area contributed by atoms with Crippen molar-refractivity contribution in [2.24, 2.45) is 10.8 Å². The standard InChI is InChI=1S/C32H44N4O4SSi/c1-21-26(41-20-34-21)23-11-9-22(10-12-23)18-33-28(38)25-17-24(37)19-36(25)29(39)27(31(2,3)4)35-30(40)32(14-15-32)13-8-16-42(5,6)7/h9-12,20,24-25,27,37H,13-15,17-19H2,1-7H3,(H,33,38)(H,35,40)/t24-,25+,27?/m1/s1. The van der Waals surface area contributed by atoms with E-state index < -0.39 is 37.1 Å². The molecule has 0 bridgehead atoms. The number of amides is 3. The zero-order chi connectivity index (χ0) is 30.9. The highest BCUT2D eigenvalue weighted by molar-refractivity contribution is 7.13. The van der Waals surface area contributed by atoms with Crippen LogP contribution in [-0.4, -0.2) is 65.5 Å². The number of thiazole rings is 1. The van der Waals surface area contributed by atoms with Crippen molar-refractivity contribution in [1.82, 2.24) is 20.5 Å². The minimum absolute atomic E-state index is 0.0507. The summed E-state index contributed by atoms with van der Waals surface area (Å²) in [6.07, 6.45) is 1.34. The van der Waals surface area contributed by atoms with Crippen molar-refractivity contribution in [3.63, 3.8) is 0 Å². The first-order valence-corrected chi connectivity index (χ1v) is 19.0. The Hall–Kier alpha value is -3.00. The van der Waals surface area contributed by atoms with Gasteiger partial charge in [0.25, 0.3) is 0 Å². The number of carbonyl (C=O) groups is 3. The van der Waals surface area contributed by atoms with E-state index in [1.54, 1.807) is 11.3 Å². The van der Waals surface area contributed by atoms with Crippen molar-refractivity contribution in [1.29, 1.82) is 0 Å². The number of aromatic nitrogens is 1. The van der Waals surface area contributed by atoms with Crippen LogP contribution in [0.25, 0.3) is 10.4 Å². The van der Waals surface area contributed by atoms with Crippen LogP contribution in [0.5, 0.6) is 0 Å². The van der Waals surface area contributed by atoms with E-state index >= 15 is 0 Å². The van der Waals surface area contributed by atoms with Crippen LogP contribution in [0.4, 0.5) is 0 Å². The van der Waals surface area contributed by atoms with Crippen LogP contribution >= 0.6 is 11.3 Å². The molecule has 1 aliphatic carbocycles. The van der Waals surface area contributed by atoms with Gasteiger partial charge < -0.3 is 20.6 Å². The van der Waals surface area contributed by atoms with Crippen molar-refractivity contribution >= 4 is 37.1 Å². The molecule has 4 rings (SSSR count). The maximum absolute atomic E-state index is 13.9. The molecule has 0 spiro atoms. The molecule has 2 fully saturated rings. The van der Waals surface area contributed by atoms with E-state index in [4.69, 9.17) is 0 Å². The molecule has 2 aliphatic rings. The number of benzene rings is 1. The van der Waals surface area contributed by atoms with E-state index in [-0.39, 0.29) is 30.7 Å². The maximum atomic E-state index is 13.9. The van der Waals surface area contributed by atoms with Gasteiger partial charge in [-0.05, 0) is 36.3 Å². The first-order valence-electron chi connectivity index (χ1n) is 14.7. The molecule has 0 radical (unpaired) electrons. The molecule has 1 unspecified atom stereocenters. The van der Waals surface area contributed by atoms with Gasteiger partial charge in [0.1, 0.15) is 20.2 Å². The summed E-state index contributed by atoms with van der Waals surface area (Å²) in [6.45, 7) is 14.6. The van der Waals surface area contributed by atoms with Crippen molar-refractivity contribution in [3.05, 3.63) is 41.0 Å². The SMILES string of the molecule is Cc1ncsc1-c1ccc(CNC(=O)[C@@H]2C[C@@H](O)CN2C(=O)C(NC(=O)C2(CC#C[Si](C)(C)C)CC2)C(C)(C)C)cc1. The average Bonchev–Trinajstić information content (AvgIpc) is 3.40. The van der Waals surface area contributed by atoms with E-state index in [2.05, 4.69) is 46.7 Å².